The molecule has 0 atom stereocenters. The van der Waals surface area contributed by atoms with Crippen molar-refractivity contribution in [3.05, 3.63) is 46.7 Å². The van der Waals surface area contributed by atoms with Crippen LogP contribution in [-0.2, 0) is 15.6 Å². The second-order valence-electron chi connectivity index (χ2n) is 3.78. The maximum Gasteiger partial charge on any atom is 0.264 e. The minimum atomic E-state index is -3.76. The second kappa shape index (κ2) is 4.91. The van der Waals surface area contributed by atoms with Gasteiger partial charge in [-0.05, 0) is 18.6 Å². The molecule has 0 radical (unpaired) electrons. The summed E-state index contributed by atoms with van der Waals surface area (Å²) in [4.78, 5) is 0.0243. The van der Waals surface area contributed by atoms with E-state index >= 15 is 0 Å². The molecule has 0 spiro atoms. The molecule has 7 heteroatoms. The third kappa shape index (κ3) is 2.68. The van der Waals surface area contributed by atoms with Gasteiger partial charge in [0.2, 0.25) is 0 Å². The molecule has 1 aromatic carbocycles. The molecule has 0 saturated heterocycles. The number of hydrogen-bond donors (Lipinski definition) is 0. The smallest absolute Gasteiger partial charge is 0.264 e. The van der Waals surface area contributed by atoms with Crippen LogP contribution < -0.4 is 0 Å². The molecule has 2 aromatic rings. The van der Waals surface area contributed by atoms with Gasteiger partial charge in [-0.25, -0.2) is 8.42 Å². The van der Waals surface area contributed by atoms with Gasteiger partial charge >= 0.3 is 0 Å². The van der Waals surface area contributed by atoms with Crippen molar-refractivity contribution in [2.75, 3.05) is 0 Å². The largest absolute Gasteiger partial charge is 0.264 e. The summed E-state index contributed by atoms with van der Waals surface area (Å²) in [5, 5.41) is 4.63. The van der Waals surface area contributed by atoms with Crippen molar-refractivity contribution in [1.82, 2.24) is 9.78 Å². The number of hydrogen-bond acceptors (Lipinski definition) is 3. The van der Waals surface area contributed by atoms with E-state index in [4.69, 9.17) is 22.3 Å². The first-order chi connectivity index (χ1) is 8.39. The molecule has 0 fully saturated rings. The van der Waals surface area contributed by atoms with Crippen molar-refractivity contribution in [2.45, 2.75) is 18.4 Å². The van der Waals surface area contributed by atoms with Crippen LogP contribution in [0.15, 0.2) is 35.4 Å². The van der Waals surface area contributed by atoms with Crippen LogP contribution >= 0.6 is 22.3 Å². The standard InChI is InChI=1S/C11H10Cl2N2O2S/c1-8-11(18(13,16)17)6-14-15(8)7-9-4-2-3-5-10(9)12/h2-6H,7H2,1H3. The molecule has 0 bridgehead atoms. The summed E-state index contributed by atoms with van der Waals surface area (Å²) in [6.07, 6.45) is 1.24. The van der Waals surface area contributed by atoms with E-state index in [1.807, 2.05) is 18.2 Å². The van der Waals surface area contributed by atoms with Crippen molar-refractivity contribution in [3.63, 3.8) is 0 Å². The van der Waals surface area contributed by atoms with E-state index in [9.17, 15) is 8.42 Å². The van der Waals surface area contributed by atoms with Crippen molar-refractivity contribution < 1.29 is 8.42 Å². The van der Waals surface area contributed by atoms with Gasteiger partial charge in [0, 0.05) is 15.7 Å². The van der Waals surface area contributed by atoms with Gasteiger partial charge in [-0.15, -0.1) is 0 Å². The van der Waals surface area contributed by atoms with Gasteiger partial charge in [0.25, 0.3) is 9.05 Å². The van der Waals surface area contributed by atoms with Gasteiger partial charge < -0.3 is 0 Å². The van der Waals surface area contributed by atoms with E-state index in [0.29, 0.717) is 17.3 Å². The molecule has 2 rings (SSSR count). The summed E-state index contributed by atoms with van der Waals surface area (Å²) in [6.45, 7) is 2.05. The fourth-order valence-electron chi connectivity index (χ4n) is 1.62. The van der Waals surface area contributed by atoms with Gasteiger partial charge in [0.1, 0.15) is 4.90 Å². The van der Waals surface area contributed by atoms with Crippen LogP contribution in [0.2, 0.25) is 5.02 Å². The Labute approximate surface area is 115 Å². The Balaban J connectivity index is 2.38. The van der Waals surface area contributed by atoms with Gasteiger partial charge in [-0.2, -0.15) is 5.10 Å². The first-order valence-corrected chi connectivity index (χ1v) is 7.79. The van der Waals surface area contributed by atoms with E-state index in [1.165, 1.54) is 6.20 Å². The topological polar surface area (TPSA) is 52.0 Å². The summed E-state index contributed by atoms with van der Waals surface area (Å²) in [5.41, 5.74) is 1.36. The second-order valence-corrected chi connectivity index (χ2v) is 6.72. The third-order valence-electron chi connectivity index (χ3n) is 2.60. The summed E-state index contributed by atoms with van der Waals surface area (Å²) in [7, 11) is 1.55. The van der Waals surface area contributed by atoms with Gasteiger partial charge in [-0.3, -0.25) is 4.68 Å². The van der Waals surface area contributed by atoms with E-state index in [2.05, 4.69) is 5.10 Å². The first kappa shape index (κ1) is 13.4. The SMILES string of the molecule is Cc1c(S(=O)(=O)Cl)cnn1Cc1ccccc1Cl. The maximum atomic E-state index is 11.3. The molecule has 0 unspecified atom stereocenters. The predicted molar refractivity (Wildman–Crippen MR) is 70.6 cm³/mol. The number of nitrogens with zero attached hydrogens (tertiary/aromatic N) is 2. The van der Waals surface area contributed by atoms with Crippen molar-refractivity contribution in [1.29, 1.82) is 0 Å². The van der Waals surface area contributed by atoms with Gasteiger partial charge in [-0.1, -0.05) is 29.8 Å². The Morgan fingerprint density at radius 1 is 1.33 bits per heavy atom. The van der Waals surface area contributed by atoms with Gasteiger partial charge in [0.05, 0.1) is 18.4 Å². The average molecular weight is 305 g/mol. The summed E-state index contributed by atoms with van der Waals surface area (Å²) < 4.78 is 24.1. The monoisotopic (exact) mass is 304 g/mol. The van der Waals surface area contributed by atoms with Crippen LogP contribution in [0.1, 0.15) is 11.3 Å². The highest BCUT2D eigenvalue weighted by Crippen LogP contribution is 2.21. The molecule has 96 valence electrons. The molecule has 0 saturated carbocycles. The molecule has 0 aliphatic heterocycles. The zero-order valence-corrected chi connectivity index (χ0v) is 11.8. The van der Waals surface area contributed by atoms with Crippen LogP contribution in [-0.4, -0.2) is 18.2 Å². The van der Waals surface area contributed by atoms with Crippen molar-refractivity contribution in [3.8, 4) is 0 Å². The molecule has 0 N–H and O–H groups in total. The first-order valence-electron chi connectivity index (χ1n) is 5.10. The third-order valence-corrected chi connectivity index (χ3v) is 4.39. The Morgan fingerprint density at radius 2 is 2.00 bits per heavy atom. The fourth-order valence-corrected chi connectivity index (χ4v) is 2.90. The van der Waals surface area contributed by atoms with Crippen LogP contribution in [0.25, 0.3) is 0 Å². The highest BCUT2D eigenvalue weighted by molar-refractivity contribution is 8.13. The lowest BCUT2D eigenvalue weighted by Gasteiger charge is -2.06. The number of rotatable bonds is 3. The Morgan fingerprint density at radius 3 is 2.56 bits per heavy atom. The minimum absolute atomic E-state index is 0.0243. The highest BCUT2D eigenvalue weighted by atomic mass is 35.7. The van der Waals surface area contributed by atoms with E-state index in [0.717, 1.165) is 5.56 Å². The maximum absolute atomic E-state index is 11.3. The lowest BCUT2D eigenvalue weighted by Crippen LogP contribution is -2.05. The van der Waals surface area contributed by atoms with E-state index < -0.39 is 9.05 Å². The fraction of sp³-hybridized carbons (Fsp3) is 0.182. The average Bonchev–Trinajstić information content (AvgIpc) is 2.63. The molecule has 18 heavy (non-hydrogen) atoms. The molecular formula is C11H10Cl2N2O2S. The van der Waals surface area contributed by atoms with Crippen LogP contribution in [0.4, 0.5) is 0 Å². The molecule has 4 nitrogen and oxygen atoms in total. The Bertz CT molecular complexity index is 680. The molecule has 0 aliphatic carbocycles. The minimum Gasteiger partial charge on any atom is -0.264 e. The van der Waals surface area contributed by atoms with Crippen LogP contribution in [0.5, 0.6) is 0 Å². The van der Waals surface area contributed by atoms with E-state index in [-0.39, 0.29) is 4.90 Å². The number of aromatic nitrogens is 2. The van der Waals surface area contributed by atoms with E-state index in [1.54, 1.807) is 17.7 Å². The summed E-state index contributed by atoms with van der Waals surface area (Å²) in [6, 6.07) is 7.32. The van der Waals surface area contributed by atoms with Crippen molar-refractivity contribution in [2.24, 2.45) is 0 Å². The number of benzene rings is 1. The van der Waals surface area contributed by atoms with Crippen LogP contribution in [0.3, 0.4) is 0 Å². The molecule has 1 heterocycles. The zero-order valence-electron chi connectivity index (χ0n) is 9.47. The lowest BCUT2D eigenvalue weighted by atomic mass is 10.2. The molecular weight excluding hydrogens is 295 g/mol. The zero-order chi connectivity index (χ0) is 13.3. The molecule has 1 aromatic heterocycles. The highest BCUT2D eigenvalue weighted by Gasteiger charge is 2.18. The number of halogens is 2. The van der Waals surface area contributed by atoms with Crippen molar-refractivity contribution >= 4 is 31.3 Å². The lowest BCUT2D eigenvalue weighted by molar-refractivity contribution is 0.607. The molecule has 0 aliphatic rings. The summed E-state index contributed by atoms with van der Waals surface area (Å²) in [5.74, 6) is 0. The Kier molecular flexibility index (Phi) is 3.66. The van der Waals surface area contributed by atoms with Gasteiger partial charge in [0.15, 0.2) is 0 Å². The normalized spacial score (nSPS) is 11.7. The molecule has 0 amide bonds. The summed E-state index contributed by atoms with van der Waals surface area (Å²) >= 11 is 6.04. The quantitative estimate of drug-likeness (QED) is 0.819. The predicted octanol–water partition coefficient (Wildman–Crippen LogP) is 2.82. The van der Waals surface area contributed by atoms with Crippen LogP contribution in [0, 0.1) is 6.92 Å². The Hall–Kier alpha value is -1.04.